The van der Waals surface area contributed by atoms with Crippen molar-refractivity contribution in [3.63, 3.8) is 0 Å². The quantitative estimate of drug-likeness (QED) is 0.641. The van der Waals surface area contributed by atoms with E-state index in [1.807, 2.05) is 6.07 Å². The van der Waals surface area contributed by atoms with Gasteiger partial charge in [0.25, 0.3) is 0 Å². The van der Waals surface area contributed by atoms with E-state index in [1.165, 1.54) is 5.56 Å². The zero-order valence-electron chi connectivity index (χ0n) is 8.77. The molecule has 0 N–H and O–H groups in total. The normalized spacial score (nSPS) is 14.6. The Morgan fingerprint density at radius 3 is 2.40 bits per heavy atom. The molecule has 0 saturated heterocycles. The fourth-order valence-electron chi connectivity index (χ4n) is 2.02. The molecule has 0 aliphatic heterocycles. The number of halogens is 3. The predicted molar refractivity (Wildman–Crippen MR) is 51.2 cm³/mol. The second kappa shape index (κ2) is 5.36. The number of benzene rings is 1. The van der Waals surface area contributed by atoms with Gasteiger partial charge in [-0.05, 0) is 30.4 Å². The molecule has 0 fully saturated rings. The maximum Gasteiger partial charge on any atom is 1.00 e. The number of hydrogen-bond acceptors (Lipinski definition) is 0. The number of aryl methyl sites for hydroxylation is 2. The van der Waals surface area contributed by atoms with Gasteiger partial charge in [-0.2, -0.15) is 0 Å². The molecule has 0 unspecified atom stereocenters. The van der Waals surface area contributed by atoms with Crippen molar-refractivity contribution in [3.05, 3.63) is 34.9 Å². The van der Waals surface area contributed by atoms with Gasteiger partial charge in [-0.1, -0.05) is 30.1 Å². The van der Waals surface area contributed by atoms with E-state index in [0.29, 0.717) is 5.56 Å². The van der Waals surface area contributed by atoms with Crippen LogP contribution in [0.2, 0.25) is 0 Å². The van der Waals surface area contributed by atoms with E-state index >= 15 is 0 Å². The van der Waals surface area contributed by atoms with Crippen LogP contribution < -0.4 is 51.4 Å². The van der Waals surface area contributed by atoms with Crippen LogP contribution in [0.3, 0.4) is 0 Å². The predicted octanol–water partition coefficient (Wildman–Crippen LogP) is 0.108. The molecule has 1 aliphatic rings. The average molecular weight is 238 g/mol. The largest absolute Gasteiger partial charge is 1.00 e. The Balaban J connectivity index is 0.00000112. The molecule has 5 heteroatoms. The van der Waals surface area contributed by atoms with Crippen molar-refractivity contribution >= 4 is 6.98 Å². The van der Waals surface area contributed by atoms with Gasteiger partial charge in [0, 0.05) is 0 Å². The molecule has 1 aromatic carbocycles. The van der Waals surface area contributed by atoms with Gasteiger partial charge in [0.1, 0.15) is 0 Å². The molecule has 2 rings (SSSR count). The van der Waals surface area contributed by atoms with E-state index in [4.69, 9.17) is 0 Å². The summed E-state index contributed by atoms with van der Waals surface area (Å²) in [6, 6.07) is 5.18. The standard InChI is InChI=1S/C10H11BF3.K/c12-11(13,14)7-8-4-5-9-2-1-3-10(9)6-8;/h4-6H,1-3,7H2;/q-1;+1. The molecular weight excluding hydrogens is 227 g/mol. The first-order chi connectivity index (χ1) is 6.54. The van der Waals surface area contributed by atoms with E-state index in [1.54, 1.807) is 12.1 Å². The smallest absolute Gasteiger partial charge is 0.449 e. The summed E-state index contributed by atoms with van der Waals surface area (Å²) < 4.78 is 36.5. The molecule has 76 valence electrons. The van der Waals surface area contributed by atoms with Crippen molar-refractivity contribution in [1.29, 1.82) is 0 Å². The first kappa shape index (κ1) is 13.8. The topological polar surface area (TPSA) is 0 Å². The summed E-state index contributed by atoms with van der Waals surface area (Å²) in [6.07, 6.45) is 2.30. The Hall–Kier alpha value is 0.711. The van der Waals surface area contributed by atoms with Crippen molar-refractivity contribution in [2.24, 2.45) is 0 Å². The summed E-state index contributed by atoms with van der Waals surface area (Å²) in [4.78, 5) is 0. The second-order valence-electron chi connectivity index (χ2n) is 3.87. The zero-order chi connectivity index (χ0) is 10.2. The molecule has 0 atom stereocenters. The van der Waals surface area contributed by atoms with Gasteiger partial charge < -0.3 is 12.9 Å². The van der Waals surface area contributed by atoms with Crippen molar-refractivity contribution in [1.82, 2.24) is 0 Å². The summed E-state index contributed by atoms with van der Waals surface area (Å²) in [5.74, 6) is 0. The molecule has 1 aromatic rings. The minimum atomic E-state index is -4.69. The molecular formula is C10H11BF3K. The van der Waals surface area contributed by atoms with Crippen molar-refractivity contribution in [3.8, 4) is 0 Å². The second-order valence-corrected chi connectivity index (χ2v) is 3.87. The van der Waals surface area contributed by atoms with Gasteiger partial charge in [-0.3, -0.25) is 0 Å². The van der Waals surface area contributed by atoms with E-state index in [0.717, 1.165) is 24.8 Å². The maximum atomic E-state index is 12.2. The third kappa shape index (κ3) is 3.89. The van der Waals surface area contributed by atoms with E-state index in [2.05, 4.69) is 0 Å². The van der Waals surface area contributed by atoms with Gasteiger partial charge in [0.15, 0.2) is 0 Å². The molecule has 0 nitrogen and oxygen atoms in total. The molecule has 15 heavy (non-hydrogen) atoms. The number of fused-ring (bicyclic) bond motifs is 1. The van der Waals surface area contributed by atoms with Crippen LogP contribution in [0.15, 0.2) is 18.2 Å². The Kier molecular flexibility index (Phi) is 4.92. The zero-order valence-corrected chi connectivity index (χ0v) is 11.9. The molecule has 0 radical (unpaired) electrons. The van der Waals surface area contributed by atoms with Gasteiger partial charge in [0.2, 0.25) is 0 Å². The van der Waals surface area contributed by atoms with E-state index in [-0.39, 0.29) is 51.4 Å². The van der Waals surface area contributed by atoms with Crippen molar-refractivity contribution in [2.75, 3.05) is 0 Å². The Bertz CT molecular complexity index is 349. The Labute approximate surface area is 130 Å². The van der Waals surface area contributed by atoms with Crippen LogP contribution in [0.1, 0.15) is 23.1 Å². The van der Waals surface area contributed by atoms with Crippen LogP contribution in [0.5, 0.6) is 0 Å². The summed E-state index contributed by atoms with van der Waals surface area (Å²) in [7, 11) is 0. The van der Waals surface area contributed by atoms with E-state index < -0.39 is 13.3 Å². The minimum absolute atomic E-state index is 0. The molecule has 0 aromatic heterocycles. The Morgan fingerprint density at radius 1 is 1.07 bits per heavy atom. The van der Waals surface area contributed by atoms with Gasteiger partial charge >= 0.3 is 58.4 Å². The molecule has 1 aliphatic carbocycles. The monoisotopic (exact) mass is 238 g/mol. The molecule has 0 amide bonds. The van der Waals surface area contributed by atoms with Crippen LogP contribution in [0, 0.1) is 0 Å². The molecule has 0 bridgehead atoms. The van der Waals surface area contributed by atoms with Gasteiger partial charge in [-0.15, -0.1) is 0 Å². The molecule has 0 spiro atoms. The SMILES string of the molecule is F[B-](F)(F)Cc1ccc2c(c1)CCC2.[K+]. The van der Waals surface area contributed by atoms with Crippen molar-refractivity contribution < 1.29 is 64.3 Å². The van der Waals surface area contributed by atoms with E-state index in [9.17, 15) is 12.9 Å². The summed E-state index contributed by atoms with van der Waals surface area (Å²) in [6.45, 7) is -4.69. The summed E-state index contributed by atoms with van der Waals surface area (Å²) in [5.41, 5.74) is 2.75. The van der Waals surface area contributed by atoms with Crippen molar-refractivity contribution in [2.45, 2.75) is 25.6 Å². The first-order valence-corrected chi connectivity index (χ1v) is 4.86. The third-order valence-electron chi connectivity index (χ3n) is 2.63. The first-order valence-electron chi connectivity index (χ1n) is 4.86. The van der Waals surface area contributed by atoms with Gasteiger partial charge in [-0.25, -0.2) is 0 Å². The maximum absolute atomic E-state index is 12.2. The molecule has 0 saturated carbocycles. The van der Waals surface area contributed by atoms with Crippen LogP contribution in [-0.4, -0.2) is 6.98 Å². The Morgan fingerprint density at radius 2 is 1.73 bits per heavy atom. The van der Waals surface area contributed by atoms with Crippen LogP contribution in [-0.2, 0) is 19.2 Å². The summed E-state index contributed by atoms with van der Waals surface area (Å²) in [5, 5.41) is 0. The van der Waals surface area contributed by atoms with Crippen LogP contribution in [0.25, 0.3) is 0 Å². The van der Waals surface area contributed by atoms with Crippen LogP contribution >= 0.6 is 0 Å². The minimum Gasteiger partial charge on any atom is -0.449 e. The third-order valence-corrected chi connectivity index (χ3v) is 2.63. The van der Waals surface area contributed by atoms with Crippen LogP contribution in [0.4, 0.5) is 12.9 Å². The van der Waals surface area contributed by atoms with Gasteiger partial charge in [0.05, 0.1) is 0 Å². The average Bonchev–Trinajstić information content (AvgIpc) is 2.47. The summed E-state index contributed by atoms with van der Waals surface area (Å²) >= 11 is 0. The molecule has 0 heterocycles. The number of rotatable bonds is 2. The fourth-order valence-corrected chi connectivity index (χ4v) is 2.02. The fraction of sp³-hybridized carbons (Fsp3) is 0.400. The number of hydrogen-bond donors (Lipinski definition) is 0.